The van der Waals surface area contributed by atoms with Gasteiger partial charge in [0.25, 0.3) is 0 Å². The van der Waals surface area contributed by atoms with Crippen LogP contribution in [0.1, 0.15) is 16.7 Å². The van der Waals surface area contributed by atoms with Crippen LogP contribution in [0, 0.1) is 34.0 Å². The van der Waals surface area contributed by atoms with Crippen LogP contribution >= 0.6 is 0 Å². The largest absolute Gasteiger partial charge is 0.309 e. The van der Waals surface area contributed by atoms with E-state index < -0.39 is 0 Å². The summed E-state index contributed by atoms with van der Waals surface area (Å²) in [6.07, 6.45) is 0. The molecule has 2 heterocycles. The Balaban J connectivity index is 1.25. The fourth-order valence-electron chi connectivity index (χ4n) is 7.37. The first-order chi connectivity index (χ1) is 24.7. The maximum Gasteiger partial charge on any atom is 0.101 e. The van der Waals surface area contributed by atoms with E-state index in [-0.39, 0.29) is 0 Å². The molecule has 0 spiro atoms. The lowest BCUT2D eigenvalue weighted by atomic mass is 9.96. The zero-order valence-electron chi connectivity index (χ0n) is 26.7. The van der Waals surface area contributed by atoms with Crippen molar-refractivity contribution in [3.63, 3.8) is 0 Å². The van der Waals surface area contributed by atoms with Gasteiger partial charge in [-0.1, -0.05) is 72.8 Å². The molecular weight excluding hydrogens is 611 g/mol. The number of hydrogen-bond acceptors (Lipinski definition) is 3. The average Bonchev–Trinajstić information content (AvgIpc) is 3.70. The summed E-state index contributed by atoms with van der Waals surface area (Å²) >= 11 is 0. The van der Waals surface area contributed by atoms with Crippen molar-refractivity contribution in [1.82, 2.24) is 9.13 Å². The Morgan fingerprint density at radius 2 is 1.04 bits per heavy atom. The van der Waals surface area contributed by atoms with Gasteiger partial charge in [-0.05, 0) is 95.6 Å². The van der Waals surface area contributed by atoms with E-state index in [1.807, 2.05) is 72.8 Å². The first-order valence-electron chi connectivity index (χ1n) is 16.3. The minimum absolute atomic E-state index is 0.601. The molecule has 5 nitrogen and oxygen atoms in total. The van der Waals surface area contributed by atoms with Crippen LogP contribution in [0.5, 0.6) is 0 Å². The SMILES string of the molecule is N#Cc1ccc(-n2c3ccc(C#N)cc3c3cccc(-c4cccc(-c5ccc6c(c5)c5ccccc5n6-c5ccccc5C#N)c4)c32)cc1. The van der Waals surface area contributed by atoms with Crippen molar-refractivity contribution < 1.29 is 0 Å². The molecule has 5 heteroatoms. The second-order valence-corrected chi connectivity index (χ2v) is 12.3. The zero-order valence-corrected chi connectivity index (χ0v) is 26.7. The fourth-order valence-corrected chi connectivity index (χ4v) is 7.37. The van der Waals surface area contributed by atoms with E-state index in [1.165, 1.54) is 0 Å². The molecule has 9 rings (SSSR count). The minimum atomic E-state index is 0.601. The monoisotopic (exact) mass is 635 g/mol. The molecule has 7 aromatic carbocycles. The molecule has 9 aromatic rings. The Labute approximate surface area is 287 Å². The van der Waals surface area contributed by atoms with Crippen LogP contribution in [0.25, 0.3) is 77.2 Å². The quantitative estimate of drug-likeness (QED) is 0.193. The van der Waals surface area contributed by atoms with Gasteiger partial charge in [0.05, 0.1) is 56.6 Å². The number of aromatic nitrogens is 2. The first kappa shape index (κ1) is 28.8. The van der Waals surface area contributed by atoms with E-state index >= 15 is 0 Å². The van der Waals surface area contributed by atoms with Crippen molar-refractivity contribution >= 4 is 43.6 Å². The summed E-state index contributed by atoms with van der Waals surface area (Å²) in [5.41, 5.74) is 12.1. The molecule has 0 saturated carbocycles. The molecule has 50 heavy (non-hydrogen) atoms. The van der Waals surface area contributed by atoms with Crippen molar-refractivity contribution in [2.24, 2.45) is 0 Å². The molecule has 0 saturated heterocycles. The maximum atomic E-state index is 9.92. The summed E-state index contributed by atoms with van der Waals surface area (Å²) in [6.45, 7) is 0. The molecule has 0 atom stereocenters. The highest BCUT2D eigenvalue weighted by Gasteiger charge is 2.19. The fraction of sp³-hybridized carbons (Fsp3) is 0. The number of nitriles is 3. The Morgan fingerprint density at radius 3 is 1.88 bits per heavy atom. The summed E-state index contributed by atoms with van der Waals surface area (Å²) in [5, 5.41) is 33.4. The van der Waals surface area contributed by atoms with Crippen molar-refractivity contribution in [3.05, 3.63) is 168 Å². The van der Waals surface area contributed by atoms with Crippen LogP contribution < -0.4 is 0 Å². The van der Waals surface area contributed by atoms with E-state index in [0.717, 1.165) is 77.2 Å². The third kappa shape index (κ3) is 4.38. The van der Waals surface area contributed by atoms with Crippen LogP contribution in [0.15, 0.2) is 152 Å². The highest BCUT2D eigenvalue weighted by molar-refractivity contribution is 6.14. The van der Waals surface area contributed by atoms with Gasteiger partial charge in [0, 0.05) is 32.8 Å². The topological polar surface area (TPSA) is 81.2 Å². The van der Waals surface area contributed by atoms with Crippen molar-refractivity contribution in [2.45, 2.75) is 0 Å². The second kappa shape index (κ2) is 11.4. The standard InChI is InChI=1S/C45H25N5/c46-26-29-15-19-35(20-16-29)49-43-21-17-30(27-47)23-39(43)38-12-6-11-36(45(38)49)33-9-5-8-31(24-33)32-18-22-44-40(25-32)37-10-2-4-14-42(37)50(44)41-13-3-1-7-34(41)28-48/h1-25H. The molecule has 0 radical (unpaired) electrons. The number of hydrogen-bond donors (Lipinski definition) is 0. The molecule has 0 bridgehead atoms. The molecule has 0 amide bonds. The van der Waals surface area contributed by atoms with Crippen LogP contribution in [0.4, 0.5) is 0 Å². The van der Waals surface area contributed by atoms with Crippen molar-refractivity contribution in [1.29, 1.82) is 15.8 Å². The lowest BCUT2D eigenvalue weighted by Gasteiger charge is -2.13. The van der Waals surface area contributed by atoms with Crippen LogP contribution in [0.2, 0.25) is 0 Å². The van der Waals surface area contributed by atoms with Gasteiger partial charge in [-0.2, -0.15) is 15.8 Å². The molecule has 0 N–H and O–H groups in total. The van der Waals surface area contributed by atoms with Gasteiger partial charge in [0.15, 0.2) is 0 Å². The van der Waals surface area contributed by atoms with Gasteiger partial charge in [-0.25, -0.2) is 0 Å². The average molecular weight is 636 g/mol. The number of nitrogens with zero attached hydrogens (tertiary/aromatic N) is 5. The smallest absolute Gasteiger partial charge is 0.101 e. The summed E-state index contributed by atoms with van der Waals surface area (Å²) in [4.78, 5) is 0. The summed E-state index contributed by atoms with van der Waals surface area (Å²) in [6, 6.07) is 57.9. The Morgan fingerprint density at radius 1 is 0.400 bits per heavy atom. The van der Waals surface area contributed by atoms with Gasteiger partial charge in [-0.3, -0.25) is 0 Å². The molecule has 0 aliphatic carbocycles. The lowest BCUT2D eigenvalue weighted by Crippen LogP contribution is -1.97. The predicted molar refractivity (Wildman–Crippen MR) is 200 cm³/mol. The molecule has 0 unspecified atom stereocenters. The summed E-state index contributed by atoms with van der Waals surface area (Å²) < 4.78 is 4.42. The normalized spacial score (nSPS) is 11.1. The van der Waals surface area contributed by atoms with E-state index in [1.54, 1.807) is 0 Å². The van der Waals surface area contributed by atoms with Gasteiger partial charge in [-0.15, -0.1) is 0 Å². The van der Waals surface area contributed by atoms with Crippen LogP contribution in [0.3, 0.4) is 0 Å². The summed E-state index contributed by atoms with van der Waals surface area (Å²) in [7, 11) is 0. The Hall–Kier alpha value is -7.39. The predicted octanol–water partition coefficient (Wildman–Crippen LogP) is 10.8. The maximum absolute atomic E-state index is 9.92. The van der Waals surface area contributed by atoms with E-state index in [0.29, 0.717) is 16.7 Å². The third-order valence-electron chi connectivity index (χ3n) is 9.62. The van der Waals surface area contributed by atoms with Crippen molar-refractivity contribution in [2.75, 3.05) is 0 Å². The Kier molecular flexibility index (Phi) is 6.56. The molecule has 230 valence electrons. The van der Waals surface area contributed by atoms with E-state index in [4.69, 9.17) is 0 Å². The van der Waals surface area contributed by atoms with E-state index in [2.05, 4.69) is 106 Å². The zero-order chi connectivity index (χ0) is 33.8. The molecule has 0 aliphatic rings. The minimum Gasteiger partial charge on any atom is -0.309 e. The Bertz CT molecular complexity index is 2960. The van der Waals surface area contributed by atoms with Gasteiger partial charge in [0.1, 0.15) is 6.07 Å². The number of benzene rings is 7. The second-order valence-electron chi connectivity index (χ2n) is 12.3. The summed E-state index contributed by atoms with van der Waals surface area (Å²) in [5.74, 6) is 0. The first-order valence-corrected chi connectivity index (χ1v) is 16.3. The number of rotatable bonds is 4. The number of fused-ring (bicyclic) bond motifs is 6. The van der Waals surface area contributed by atoms with Gasteiger partial charge >= 0.3 is 0 Å². The van der Waals surface area contributed by atoms with Gasteiger partial charge in [0.2, 0.25) is 0 Å². The number of para-hydroxylation sites is 3. The van der Waals surface area contributed by atoms with Crippen molar-refractivity contribution in [3.8, 4) is 51.8 Å². The van der Waals surface area contributed by atoms with Gasteiger partial charge < -0.3 is 9.13 Å². The van der Waals surface area contributed by atoms with Crippen LogP contribution in [-0.4, -0.2) is 9.13 Å². The lowest BCUT2D eigenvalue weighted by molar-refractivity contribution is 1.17. The van der Waals surface area contributed by atoms with E-state index in [9.17, 15) is 15.8 Å². The van der Waals surface area contributed by atoms with Crippen LogP contribution in [-0.2, 0) is 0 Å². The highest BCUT2D eigenvalue weighted by Crippen LogP contribution is 2.40. The molecule has 2 aromatic heterocycles. The third-order valence-corrected chi connectivity index (χ3v) is 9.62. The highest BCUT2D eigenvalue weighted by atomic mass is 15.0. The molecular formula is C45H25N5. The molecule has 0 aliphatic heterocycles. The molecule has 0 fully saturated rings.